The van der Waals surface area contributed by atoms with Crippen LogP contribution in [-0.4, -0.2) is 25.0 Å². The monoisotopic (exact) mass is 344 g/mol. The number of nitrogens with zero attached hydrogens (tertiary/aromatic N) is 1. The van der Waals surface area contributed by atoms with E-state index in [1.807, 2.05) is 38.7 Å². The minimum atomic E-state index is -0.213. The number of aryl methyl sites for hydroxylation is 3. The zero-order valence-electron chi connectivity index (χ0n) is 15.3. The fourth-order valence-corrected chi connectivity index (χ4v) is 3.56. The number of piperidine rings is 1. The summed E-state index contributed by atoms with van der Waals surface area (Å²) in [6.45, 7) is 8.94. The Morgan fingerprint density at radius 1 is 1.24 bits per heavy atom. The van der Waals surface area contributed by atoms with Gasteiger partial charge in [0.05, 0.1) is 11.3 Å². The second-order valence-electron chi connectivity index (χ2n) is 6.93. The van der Waals surface area contributed by atoms with E-state index in [2.05, 4.69) is 5.32 Å². The van der Waals surface area contributed by atoms with Crippen molar-refractivity contribution in [3.05, 3.63) is 52.2 Å². The molecule has 1 amide bonds. The van der Waals surface area contributed by atoms with Gasteiger partial charge in [0.1, 0.15) is 17.3 Å². The highest BCUT2D eigenvalue weighted by molar-refractivity contribution is 5.97. The van der Waals surface area contributed by atoms with E-state index in [0.29, 0.717) is 23.6 Å². The summed E-state index contributed by atoms with van der Waals surface area (Å²) in [5.41, 5.74) is 3.15. The van der Waals surface area contributed by atoms with E-state index in [-0.39, 0.29) is 17.8 Å². The van der Waals surface area contributed by atoms with Crippen molar-refractivity contribution < 1.29 is 13.6 Å². The van der Waals surface area contributed by atoms with Gasteiger partial charge in [0.15, 0.2) is 0 Å². The Morgan fingerprint density at radius 3 is 2.68 bits per heavy atom. The molecular formula is C20H25FN2O2. The van der Waals surface area contributed by atoms with Gasteiger partial charge in [-0.1, -0.05) is 6.07 Å². The van der Waals surface area contributed by atoms with Crippen LogP contribution in [0.15, 0.2) is 22.6 Å². The molecule has 0 saturated carbocycles. The van der Waals surface area contributed by atoms with E-state index >= 15 is 0 Å². The standard InChI is InChI=1S/C20H25FN2O2/c1-12-7-8-17(21)18(10-12)23-9-5-6-16(11-23)22-20(24)19-13(2)14(3)25-15(19)4/h7-8,10,16H,5-6,9,11H2,1-4H3,(H,22,24). The maximum Gasteiger partial charge on any atom is 0.255 e. The van der Waals surface area contributed by atoms with Gasteiger partial charge in [-0.05, 0) is 58.2 Å². The van der Waals surface area contributed by atoms with Crippen LogP contribution in [0.5, 0.6) is 0 Å². The number of hydrogen-bond donors (Lipinski definition) is 1. The molecule has 0 aliphatic carbocycles. The van der Waals surface area contributed by atoms with Crippen LogP contribution in [-0.2, 0) is 0 Å². The molecule has 0 spiro atoms. The number of amides is 1. The summed E-state index contributed by atoms with van der Waals surface area (Å²) in [5.74, 6) is 1.10. The van der Waals surface area contributed by atoms with Gasteiger partial charge >= 0.3 is 0 Å². The Kier molecular flexibility index (Phi) is 4.84. The Bertz CT molecular complexity index is 797. The van der Waals surface area contributed by atoms with Crippen LogP contribution in [0, 0.1) is 33.5 Å². The number of benzene rings is 1. The lowest BCUT2D eigenvalue weighted by Gasteiger charge is -2.35. The van der Waals surface area contributed by atoms with Crippen molar-refractivity contribution in [3.63, 3.8) is 0 Å². The van der Waals surface area contributed by atoms with Crippen LogP contribution < -0.4 is 10.2 Å². The van der Waals surface area contributed by atoms with Crippen LogP contribution in [0.2, 0.25) is 0 Å². The molecule has 1 atom stereocenters. The first-order chi connectivity index (χ1) is 11.9. The summed E-state index contributed by atoms with van der Waals surface area (Å²) < 4.78 is 19.7. The van der Waals surface area contributed by atoms with E-state index < -0.39 is 0 Å². The molecule has 1 fully saturated rings. The summed E-state index contributed by atoms with van der Waals surface area (Å²) in [6, 6.07) is 5.14. The van der Waals surface area contributed by atoms with Crippen molar-refractivity contribution >= 4 is 11.6 Å². The Labute approximate surface area is 148 Å². The number of hydrogen-bond acceptors (Lipinski definition) is 3. The van der Waals surface area contributed by atoms with Crippen LogP contribution >= 0.6 is 0 Å². The topological polar surface area (TPSA) is 45.5 Å². The average molecular weight is 344 g/mol. The van der Waals surface area contributed by atoms with Crippen LogP contribution in [0.4, 0.5) is 10.1 Å². The lowest BCUT2D eigenvalue weighted by Crippen LogP contribution is -2.48. The van der Waals surface area contributed by atoms with Gasteiger partial charge in [0.2, 0.25) is 0 Å². The number of furan rings is 1. The zero-order chi connectivity index (χ0) is 18.1. The predicted octanol–water partition coefficient (Wildman–Crippen LogP) is 4.05. The molecule has 2 heterocycles. The molecule has 1 aromatic carbocycles. The first-order valence-electron chi connectivity index (χ1n) is 8.75. The third kappa shape index (κ3) is 3.55. The minimum absolute atomic E-state index is 0.00447. The molecule has 1 aliphatic heterocycles. The van der Waals surface area contributed by atoms with E-state index in [9.17, 15) is 9.18 Å². The molecule has 25 heavy (non-hydrogen) atoms. The zero-order valence-corrected chi connectivity index (χ0v) is 15.3. The van der Waals surface area contributed by atoms with Gasteiger partial charge in [0, 0.05) is 24.7 Å². The van der Waals surface area contributed by atoms with Gasteiger partial charge in [-0.3, -0.25) is 4.79 Å². The Hall–Kier alpha value is -2.30. The van der Waals surface area contributed by atoms with Crippen LogP contribution in [0.25, 0.3) is 0 Å². The highest BCUT2D eigenvalue weighted by atomic mass is 19.1. The molecule has 2 aromatic rings. The van der Waals surface area contributed by atoms with Crippen molar-refractivity contribution in [2.45, 2.75) is 46.6 Å². The molecule has 1 aromatic heterocycles. The van der Waals surface area contributed by atoms with Crippen molar-refractivity contribution in [1.82, 2.24) is 5.32 Å². The fraction of sp³-hybridized carbons (Fsp3) is 0.450. The van der Waals surface area contributed by atoms with Gasteiger partial charge in [-0.2, -0.15) is 0 Å². The fourth-order valence-electron chi connectivity index (χ4n) is 3.56. The van der Waals surface area contributed by atoms with Gasteiger partial charge < -0.3 is 14.6 Å². The van der Waals surface area contributed by atoms with Crippen molar-refractivity contribution in [2.24, 2.45) is 0 Å². The van der Waals surface area contributed by atoms with E-state index in [4.69, 9.17) is 4.42 Å². The summed E-state index contributed by atoms with van der Waals surface area (Å²) in [5, 5.41) is 3.10. The first-order valence-corrected chi connectivity index (χ1v) is 8.75. The average Bonchev–Trinajstić information content (AvgIpc) is 2.82. The maximum atomic E-state index is 14.2. The molecule has 5 heteroatoms. The number of carbonyl (C=O) groups excluding carboxylic acids is 1. The minimum Gasteiger partial charge on any atom is -0.466 e. The largest absolute Gasteiger partial charge is 0.466 e. The van der Waals surface area contributed by atoms with E-state index in [1.165, 1.54) is 6.07 Å². The van der Waals surface area contributed by atoms with Crippen LogP contribution in [0.1, 0.15) is 45.8 Å². The summed E-state index contributed by atoms with van der Waals surface area (Å²) in [4.78, 5) is 14.7. The van der Waals surface area contributed by atoms with Crippen LogP contribution in [0.3, 0.4) is 0 Å². The highest BCUT2D eigenvalue weighted by Crippen LogP contribution is 2.25. The number of anilines is 1. The molecule has 1 aliphatic rings. The van der Waals surface area contributed by atoms with Crippen molar-refractivity contribution in [3.8, 4) is 0 Å². The lowest BCUT2D eigenvalue weighted by molar-refractivity contribution is 0.0931. The molecule has 134 valence electrons. The summed E-state index contributed by atoms with van der Waals surface area (Å²) >= 11 is 0. The summed E-state index contributed by atoms with van der Waals surface area (Å²) in [6.07, 6.45) is 1.81. The predicted molar refractivity (Wildman–Crippen MR) is 96.8 cm³/mol. The molecule has 1 unspecified atom stereocenters. The quantitative estimate of drug-likeness (QED) is 0.913. The number of nitrogens with one attached hydrogen (secondary N) is 1. The van der Waals surface area contributed by atoms with Crippen molar-refractivity contribution in [2.75, 3.05) is 18.0 Å². The van der Waals surface area contributed by atoms with Gasteiger partial charge in [-0.25, -0.2) is 4.39 Å². The molecule has 1 N–H and O–H groups in total. The van der Waals surface area contributed by atoms with E-state index in [0.717, 1.165) is 36.3 Å². The molecule has 3 rings (SSSR count). The third-order valence-corrected chi connectivity index (χ3v) is 4.99. The van der Waals surface area contributed by atoms with E-state index in [1.54, 1.807) is 6.07 Å². The number of halogens is 1. The molecule has 1 saturated heterocycles. The third-order valence-electron chi connectivity index (χ3n) is 4.99. The SMILES string of the molecule is Cc1ccc(F)c(N2CCCC(NC(=O)c3c(C)oc(C)c3C)C2)c1. The first kappa shape index (κ1) is 17.5. The van der Waals surface area contributed by atoms with Crippen molar-refractivity contribution in [1.29, 1.82) is 0 Å². The Balaban J connectivity index is 1.73. The molecule has 0 bridgehead atoms. The highest BCUT2D eigenvalue weighted by Gasteiger charge is 2.26. The molecule has 4 nitrogen and oxygen atoms in total. The van der Waals surface area contributed by atoms with Gasteiger partial charge in [0.25, 0.3) is 5.91 Å². The maximum absolute atomic E-state index is 14.2. The smallest absolute Gasteiger partial charge is 0.255 e. The second-order valence-corrected chi connectivity index (χ2v) is 6.93. The number of carbonyl (C=O) groups is 1. The summed E-state index contributed by atoms with van der Waals surface area (Å²) in [7, 11) is 0. The lowest BCUT2D eigenvalue weighted by atomic mass is 10.0. The normalized spacial score (nSPS) is 17.6. The Morgan fingerprint density at radius 2 is 2.00 bits per heavy atom. The number of rotatable bonds is 3. The molecule has 0 radical (unpaired) electrons. The second kappa shape index (κ2) is 6.90. The molecular weight excluding hydrogens is 319 g/mol. The van der Waals surface area contributed by atoms with Gasteiger partial charge in [-0.15, -0.1) is 0 Å².